The molecule has 0 amide bonds. The summed E-state index contributed by atoms with van der Waals surface area (Å²) in [7, 11) is 2.16. The quantitative estimate of drug-likeness (QED) is 0.592. The molecule has 1 aliphatic rings. The summed E-state index contributed by atoms with van der Waals surface area (Å²) in [6, 6.07) is 4.95. The minimum Gasteiger partial charge on any atom is -0.271 e. The van der Waals surface area contributed by atoms with E-state index in [1.54, 1.807) is 0 Å². The van der Waals surface area contributed by atoms with E-state index < -0.39 is 0 Å². The van der Waals surface area contributed by atoms with Crippen molar-refractivity contribution in [2.75, 3.05) is 11.6 Å². The van der Waals surface area contributed by atoms with Crippen molar-refractivity contribution in [2.24, 2.45) is 7.05 Å². The van der Waals surface area contributed by atoms with Crippen molar-refractivity contribution in [3.05, 3.63) is 18.3 Å². The number of aryl methyl sites for hydroxylation is 1. The van der Waals surface area contributed by atoms with Crippen LogP contribution in [0.25, 0.3) is 0 Å². The molecule has 0 bridgehead atoms. The van der Waals surface area contributed by atoms with Gasteiger partial charge in [0.2, 0.25) is 0 Å². The number of hydrogen-bond acceptors (Lipinski definition) is 1. The fourth-order valence-electron chi connectivity index (χ4n) is 1.46. The molecule has 0 spiro atoms. The zero-order chi connectivity index (χ0) is 10.1. The highest BCUT2D eigenvalue weighted by molar-refractivity contribution is 8.13. The molecule has 1 unspecified atom stereocenters. The van der Waals surface area contributed by atoms with Crippen LogP contribution in [0, 0.1) is 0 Å². The Morgan fingerprint density at radius 1 is 1.57 bits per heavy atom. The van der Waals surface area contributed by atoms with Gasteiger partial charge in [0, 0.05) is 0 Å². The van der Waals surface area contributed by atoms with Gasteiger partial charge in [-0.2, -0.15) is 10.5 Å². The van der Waals surface area contributed by atoms with Crippen molar-refractivity contribution in [1.82, 2.24) is 0 Å². The smallest absolute Gasteiger partial charge is 0.271 e. The molecule has 3 heteroatoms. The van der Waals surface area contributed by atoms with Gasteiger partial charge in [0.15, 0.2) is 0 Å². The lowest BCUT2D eigenvalue weighted by Crippen LogP contribution is -2.33. The minimum atomic E-state index is 0.0772. The molecule has 1 fully saturated rings. The van der Waals surface area contributed by atoms with Gasteiger partial charge in [-0.15, -0.1) is 0 Å². The molecule has 2 nitrogen and oxygen atoms in total. The third-order valence-corrected chi connectivity index (χ3v) is 3.52. The van der Waals surface area contributed by atoms with Crippen molar-refractivity contribution in [2.45, 2.75) is 23.8 Å². The molecule has 1 atom stereocenters. The molecule has 0 aromatic carbocycles. The lowest BCUT2D eigenvalue weighted by Gasteiger charge is -2.08. The predicted octanol–water partition coefficient (Wildman–Crippen LogP) is 1.77. The van der Waals surface area contributed by atoms with E-state index in [4.69, 9.17) is 0 Å². The number of aromatic nitrogens is 1. The van der Waals surface area contributed by atoms with Crippen LogP contribution >= 0.6 is 10.5 Å². The molecule has 1 saturated carbocycles. The van der Waals surface area contributed by atoms with E-state index in [0.29, 0.717) is 6.04 Å². The molecule has 14 heavy (non-hydrogen) atoms. The number of hydrogen-bond donors (Lipinski definition) is 1. The second kappa shape index (κ2) is 3.73. The molecule has 0 saturated heterocycles. The van der Waals surface area contributed by atoms with Gasteiger partial charge in [-0.1, -0.05) is 5.87 Å². The van der Waals surface area contributed by atoms with Crippen molar-refractivity contribution in [3.63, 3.8) is 0 Å². The summed E-state index contributed by atoms with van der Waals surface area (Å²) in [5, 5.41) is 3.56. The Morgan fingerprint density at radius 3 is 2.86 bits per heavy atom. The lowest BCUT2D eigenvalue weighted by molar-refractivity contribution is -0.658. The summed E-state index contributed by atoms with van der Waals surface area (Å²) in [6.07, 6.45) is 6.86. The highest BCUT2D eigenvalue weighted by atomic mass is 32.2. The van der Waals surface area contributed by atoms with Crippen molar-refractivity contribution in [3.8, 4) is 0 Å². The Labute approximate surface area is 87.9 Å². The molecule has 0 radical (unpaired) electrons. The Morgan fingerprint density at radius 2 is 2.29 bits per heavy atom. The highest BCUT2D eigenvalue weighted by Gasteiger charge is 2.28. The van der Waals surface area contributed by atoms with Crippen LogP contribution in [0.15, 0.2) is 23.2 Å². The Hall–Kier alpha value is -0.830. The first-order chi connectivity index (χ1) is 6.68. The van der Waals surface area contributed by atoms with Crippen LogP contribution in [0.3, 0.4) is 0 Å². The average Bonchev–Trinajstić information content (AvgIpc) is 2.91. The van der Waals surface area contributed by atoms with E-state index in [1.165, 1.54) is 23.6 Å². The van der Waals surface area contributed by atoms with E-state index >= 15 is 0 Å². The van der Waals surface area contributed by atoms with E-state index in [9.17, 15) is 0 Å². The van der Waals surface area contributed by atoms with Crippen molar-refractivity contribution >= 4 is 22.2 Å². The summed E-state index contributed by atoms with van der Waals surface area (Å²) in [5.74, 6) is 5.36. The fourth-order valence-corrected chi connectivity index (χ4v) is 2.31. The summed E-state index contributed by atoms with van der Waals surface area (Å²) in [4.78, 5) is 1.34. The first kappa shape index (κ1) is 9.71. The van der Waals surface area contributed by atoms with Gasteiger partial charge in [-0.05, 0) is 31.2 Å². The van der Waals surface area contributed by atoms with Gasteiger partial charge in [-0.25, -0.2) is 4.57 Å². The van der Waals surface area contributed by atoms with Crippen molar-refractivity contribution < 1.29 is 4.57 Å². The first-order valence-electron chi connectivity index (χ1n) is 4.89. The van der Waals surface area contributed by atoms with Gasteiger partial charge < -0.3 is 0 Å². The Balaban J connectivity index is 2.36. The third-order valence-electron chi connectivity index (χ3n) is 2.44. The fraction of sp³-hybridized carbons (Fsp3) is 0.455. The number of anilines is 1. The van der Waals surface area contributed by atoms with Gasteiger partial charge in [-0.3, -0.25) is 5.32 Å². The van der Waals surface area contributed by atoms with Crippen molar-refractivity contribution in [1.29, 1.82) is 0 Å². The minimum absolute atomic E-state index is 0.0772. The third kappa shape index (κ3) is 1.98. The van der Waals surface area contributed by atoms with Crippen LogP contribution < -0.4 is 9.88 Å². The molecule has 1 heterocycles. The Bertz CT molecular complexity index is 370. The Kier molecular flexibility index (Phi) is 2.59. The maximum Gasteiger partial charge on any atom is 0.287 e. The number of pyridine rings is 1. The molecule has 1 aromatic rings. The summed E-state index contributed by atoms with van der Waals surface area (Å²) < 4.78 is 2.16. The predicted molar refractivity (Wildman–Crippen MR) is 63.2 cm³/mol. The molecular weight excluding hydrogens is 192 g/mol. The van der Waals surface area contributed by atoms with E-state index in [-0.39, 0.29) is 10.5 Å². The molecule has 1 aromatic heterocycles. The van der Waals surface area contributed by atoms with Crippen LogP contribution in [0.1, 0.15) is 12.8 Å². The standard InChI is InChI=1S/C11H16N2S/c1-13-8-4-5-10(14(2)3)11(13)12-9-6-7-9/h4-5,8-9H,2,6-7H2,1,3H3/p+1. The van der Waals surface area contributed by atoms with Crippen LogP contribution in [0.2, 0.25) is 0 Å². The second-order valence-corrected chi connectivity index (χ2v) is 5.60. The van der Waals surface area contributed by atoms with Crippen LogP contribution in [0.4, 0.5) is 5.82 Å². The number of nitrogens with zero attached hydrogens (tertiary/aromatic N) is 1. The lowest BCUT2D eigenvalue weighted by atomic mass is 10.4. The topological polar surface area (TPSA) is 15.9 Å². The largest absolute Gasteiger partial charge is 0.287 e. The van der Waals surface area contributed by atoms with Gasteiger partial charge >= 0.3 is 0 Å². The first-order valence-corrected chi connectivity index (χ1v) is 6.69. The maximum absolute atomic E-state index is 4.11. The van der Waals surface area contributed by atoms with E-state index in [1.807, 2.05) is 0 Å². The molecule has 1 N–H and O–H groups in total. The zero-order valence-corrected chi connectivity index (χ0v) is 9.60. The SMILES string of the molecule is C=S(C)c1ccc[n+](C)c1NC1CC1. The van der Waals surface area contributed by atoms with Gasteiger partial charge in [0.05, 0.1) is 24.2 Å². The monoisotopic (exact) mass is 209 g/mol. The highest BCUT2D eigenvalue weighted by Crippen LogP contribution is 2.30. The number of nitrogens with one attached hydrogen (secondary N) is 1. The summed E-state index contributed by atoms with van der Waals surface area (Å²) in [6.45, 7) is 0. The van der Waals surface area contributed by atoms with E-state index in [2.05, 4.69) is 47.4 Å². The van der Waals surface area contributed by atoms with Crippen LogP contribution in [-0.4, -0.2) is 18.2 Å². The molecule has 0 aliphatic heterocycles. The van der Waals surface area contributed by atoms with Crippen LogP contribution in [-0.2, 0) is 7.05 Å². The van der Waals surface area contributed by atoms with Gasteiger partial charge in [0.25, 0.3) is 5.82 Å². The second-order valence-electron chi connectivity index (χ2n) is 3.89. The van der Waals surface area contributed by atoms with Gasteiger partial charge in [0.1, 0.15) is 0 Å². The molecule has 2 rings (SSSR count). The molecule has 1 aliphatic carbocycles. The maximum atomic E-state index is 4.11. The summed E-state index contributed by atoms with van der Waals surface area (Å²) >= 11 is 0. The zero-order valence-electron chi connectivity index (χ0n) is 8.79. The van der Waals surface area contributed by atoms with E-state index in [0.717, 1.165) is 0 Å². The normalized spacial score (nSPS) is 17.9. The molecular formula is C11H17N2S+. The molecule has 76 valence electrons. The average molecular weight is 209 g/mol. The van der Waals surface area contributed by atoms with Crippen LogP contribution in [0.5, 0.6) is 0 Å². The number of rotatable bonds is 3. The summed E-state index contributed by atoms with van der Waals surface area (Å²) in [5.41, 5.74) is 0.